The maximum atomic E-state index is 6.68. The van der Waals surface area contributed by atoms with Crippen LogP contribution in [0.3, 0.4) is 0 Å². The minimum atomic E-state index is -0.431. The molecule has 2 N–H and O–H groups in total. The Morgan fingerprint density at radius 1 is 0.810 bits per heavy atom. The van der Waals surface area contributed by atoms with E-state index in [1.54, 1.807) is 0 Å². The standard InChI is InChI=1S/C20H21N/c1-4-6-14-8-10-16-17-11-9-15(7-5-2)13-19(17)20(3,21)18(16)12-14/h4-13H,21H2,1-3H3/b6-4+,7-5+. The molecule has 0 heterocycles. The van der Waals surface area contributed by atoms with Gasteiger partial charge < -0.3 is 5.73 Å². The van der Waals surface area contributed by atoms with Crippen LogP contribution in [0.5, 0.6) is 0 Å². The van der Waals surface area contributed by atoms with Gasteiger partial charge in [0.1, 0.15) is 0 Å². The Balaban J connectivity index is 2.21. The van der Waals surface area contributed by atoms with Crippen LogP contribution in [0, 0.1) is 0 Å². The van der Waals surface area contributed by atoms with E-state index in [0.717, 1.165) is 0 Å². The molecule has 0 spiro atoms. The van der Waals surface area contributed by atoms with Crippen molar-refractivity contribution in [1.82, 2.24) is 0 Å². The zero-order valence-corrected chi connectivity index (χ0v) is 12.9. The van der Waals surface area contributed by atoms with Gasteiger partial charge in [-0.25, -0.2) is 0 Å². The molecule has 106 valence electrons. The number of hydrogen-bond acceptors (Lipinski definition) is 1. The Bertz CT molecular complexity index is 685. The molecule has 21 heavy (non-hydrogen) atoms. The molecule has 1 aliphatic rings. The van der Waals surface area contributed by atoms with Crippen LogP contribution in [-0.2, 0) is 5.54 Å². The molecule has 0 amide bonds. The Labute approximate surface area is 126 Å². The fourth-order valence-electron chi connectivity index (χ4n) is 3.19. The summed E-state index contributed by atoms with van der Waals surface area (Å²) in [6.07, 6.45) is 8.35. The first-order chi connectivity index (χ1) is 10.1. The topological polar surface area (TPSA) is 26.0 Å². The molecule has 2 aromatic carbocycles. The van der Waals surface area contributed by atoms with Crippen LogP contribution in [0.1, 0.15) is 43.0 Å². The van der Waals surface area contributed by atoms with E-state index in [9.17, 15) is 0 Å². The zero-order valence-electron chi connectivity index (χ0n) is 12.9. The Morgan fingerprint density at radius 2 is 1.24 bits per heavy atom. The van der Waals surface area contributed by atoms with Crippen LogP contribution in [0.25, 0.3) is 23.3 Å². The maximum absolute atomic E-state index is 6.68. The van der Waals surface area contributed by atoms with Gasteiger partial charge in [-0.2, -0.15) is 0 Å². The van der Waals surface area contributed by atoms with E-state index >= 15 is 0 Å². The van der Waals surface area contributed by atoms with Gasteiger partial charge in [0.25, 0.3) is 0 Å². The van der Waals surface area contributed by atoms with Gasteiger partial charge in [-0.15, -0.1) is 0 Å². The highest BCUT2D eigenvalue weighted by Gasteiger charge is 2.36. The van der Waals surface area contributed by atoms with E-state index in [0.29, 0.717) is 0 Å². The molecule has 0 saturated heterocycles. The van der Waals surface area contributed by atoms with Gasteiger partial charge >= 0.3 is 0 Å². The Hall–Kier alpha value is -2.12. The Morgan fingerprint density at radius 3 is 1.62 bits per heavy atom. The second kappa shape index (κ2) is 5.01. The third-order valence-electron chi connectivity index (χ3n) is 4.21. The van der Waals surface area contributed by atoms with Crippen molar-refractivity contribution < 1.29 is 0 Å². The predicted molar refractivity (Wildman–Crippen MR) is 91.9 cm³/mol. The first-order valence-electron chi connectivity index (χ1n) is 7.41. The molecule has 2 aromatic rings. The van der Waals surface area contributed by atoms with Gasteiger partial charge in [-0.1, -0.05) is 48.6 Å². The normalized spacial score (nSPS) is 15.6. The molecule has 0 aromatic heterocycles. The van der Waals surface area contributed by atoms with Crippen molar-refractivity contribution in [2.24, 2.45) is 5.73 Å². The number of nitrogens with two attached hydrogens (primary N) is 1. The fraction of sp³-hybridized carbons (Fsp3) is 0.200. The third-order valence-corrected chi connectivity index (χ3v) is 4.21. The molecule has 1 heteroatoms. The van der Waals surface area contributed by atoms with Crippen molar-refractivity contribution in [3.05, 3.63) is 70.8 Å². The smallest absolute Gasteiger partial charge is 0.0649 e. The van der Waals surface area contributed by atoms with Crippen molar-refractivity contribution in [2.45, 2.75) is 26.3 Å². The van der Waals surface area contributed by atoms with Gasteiger partial charge in [-0.05, 0) is 66.3 Å². The molecular formula is C20H21N. The number of allylic oxidation sites excluding steroid dienone is 2. The van der Waals surface area contributed by atoms with Crippen LogP contribution in [-0.4, -0.2) is 0 Å². The number of rotatable bonds is 2. The highest BCUT2D eigenvalue weighted by molar-refractivity contribution is 5.82. The summed E-state index contributed by atoms with van der Waals surface area (Å²) in [5.74, 6) is 0. The lowest BCUT2D eigenvalue weighted by Gasteiger charge is -2.22. The molecule has 1 aliphatic carbocycles. The first-order valence-corrected chi connectivity index (χ1v) is 7.41. The summed E-state index contributed by atoms with van der Waals surface area (Å²) in [5, 5.41) is 0. The minimum absolute atomic E-state index is 0.431. The summed E-state index contributed by atoms with van der Waals surface area (Å²) in [5.41, 5.74) is 13.6. The van der Waals surface area contributed by atoms with Crippen LogP contribution < -0.4 is 5.73 Å². The molecule has 0 fully saturated rings. The van der Waals surface area contributed by atoms with Crippen LogP contribution in [0.4, 0.5) is 0 Å². The molecule has 0 radical (unpaired) electrons. The van der Waals surface area contributed by atoms with E-state index in [1.165, 1.54) is 33.4 Å². The van der Waals surface area contributed by atoms with Crippen molar-refractivity contribution in [3.8, 4) is 11.1 Å². The van der Waals surface area contributed by atoms with Gasteiger partial charge in [0.05, 0.1) is 5.54 Å². The highest BCUT2D eigenvalue weighted by atomic mass is 14.7. The summed E-state index contributed by atoms with van der Waals surface area (Å²) in [6, 6.07) is 13.1. The molecule has 3 rings (SSSR count). The summed E-state index contributed by atoms with van der Waals surface area (Å²) in [7, 11) is 0. The summed E-state index contributed by atoms with van der Waals surface area (Å²) >= 11 is 0. The van der Waals surface area contributed by atoms with E-state index < -0.39 is 5.54 Å². The average Bonchev–Trinajstić information content (AvgIpc) is 2.68. The van der Waals surface area contributed by atoms with Crippen molar-refractivity contribution in [3.63, 3.8) is 0 Å². The molecule has 0 bridgehead atoms. The minimum Gasteiger partial charge on any atom is -0.318 e. The fourth-order valence-corrected chi connectivity index (χ4v) is 3.19. The second-order valence-electron chi connectivity index (χ2n) is 5.81. The molecule has 0 atom stereocenters. The van der Waals surface area contributed by atoms with E-state index in [1.807, 2.05) is 13.8 Å². The quantitative estimate of drug-likeness (QED) is 0.824. The van der Waals surface area contributed by atoms with Crippen LogP contribution in [0.15, 0.2) is 48.6 Å². The van der Waals surface area contributed by atoms with E-state index in [2.05, 4.69) is 67.6 Å². The summed E-state index contributed by atoms with van der Waals surface area (Å²) < 4.78 is 0. The third kappa shape index (κ3) is 2.14. The number of hydrogen-bond donors (Lipinski definition) is 1. The lowest BCUT2D eigenvalue weighted by Crippen LogP contribution is -2.31. The van der Waals surface area contributed by atoms with Crippen LogP contribution in [0.2, 0.25) is 0 Å². The van der Waals surface area contributed by atoms with Gasteiger partial charge in [0.15, 0.2) is 0 Å². The molecular weight excluding hydrogens is 254 g/mol. The SMILES string of the molecule is C/C=C/c1ccc2c(c1)C(C)(N)c1cc(/C=C/C)ccc1-2. The Kier molecular flexibility index (Phi) is 3.30. The van der Waals surface area contributed by atoms with Gasteiger partial charge in [0, 0.05) is 0 Å². The van der Waals surface area contributed by atoms with Crippen molar-refractivity contribution in [1.29, 1.82) is 0 Å². The zero-order chi connectivity index (χ0) is 15.0. The van der Waals surface area contributed by atoms with Crippen LogP contribution >= 0.6 is 0 Å². The lowest BCUT2D eigenvalue weighted by atomic mass is 9.89. The largest absolute Gasteiger partial charge is 0.318 e. The monoisotopic (exact) mass is 275 g/mol. The van der Waals surface area contributed by atoms with Gasteiger partial charge in [-0.3, -0.25) is 0 Å². The highest BCUT2D eigenvalue weighted by Crippen LogP contribution is 2.46. The summed E-state index contributed by atoms with van der Waals surface area (Å²) in [4.78, 5) is 0. The van der Waals surface area contributed by atoms with E-state index in [-0.39, 0.29) is 0 Å². The molecule has 0 saturated carbocycles. The molecule has 0 unspecified atom stereocenters. The predicted octanol–water partition coefficient (Wildman–Crippen LogP) is 4.96. The van der Waals surface area contributed by atoms with Gasteiger partial charge in [0.2, 0.25) is 0 Å². The average molecular weight is 275 g/mol. The van der Waals surface area contributed by atoms with E-state index in [4.69, 9.17) is 5.73 Å². The first kappa shape index (κ1) is 13.8. The number of fused-ring (bicyclic) bond motifs is 3. The molecule has 1 nitrogen and oxygen atoms in total. The number of benzene rings is 2. The second-order valence-corrected chi connectivity index (χ2v) is 5.81. The molecule has 0 aliphatic heterocycles. The lowest BCUT2D eigenvalue weighted by molar-refractivity contribution is 0.620. The summed E-state index contributed by atoms with van der Waals surface area (Å²) in [6.45, 7) is 6.18. The van der Waals surface area contributed by atoms with Crippen molar-refractivity contribution in [2.75, 3.05) is 0 Å². The maximum Gasteiger partial charge on any atom is 0.0649 e. The van der Waals surface area contributed by atoms with Crippen molar-refractivity contribution >= 4 is 12.2 Å².